The molecule has 0 aromatic carbocycles. The van der Waals surface area contributed by atoms with Crippen molar-refractivity contribution in [3.63, 3.8) is 0 Å². The van der Waals surface area contributed by atoms with Crippen LogP contribution in [0, 0.1) is 0 Å². The van der Waals surface area contributed by atoms with Crippen LogP contribution in [0.1, 0.15) is 26.7 Å². The standard InChI is InChI=1S/C11H20N2O2S/c1-4-9-11(15)13(6-5-7-16-3)8(2)10(14)12-9/h8-9H,4-7H2,1-3H3,(H,12,14). The molecule has 1 aliphatic heterocycles. The van der Waals surface area contributed by atoms with Gasteiger partial charge in [0.25, 0.3) is 0 Å². The molecule has 2 amide bonds. The van der Waals surface area contributed by atoms with Crippen molar-refractivity contribution < 1.29 is 9.59 Å². The van der Waals surface area contributed by atoms with Gasteiger partial charge in [0, 0.05) is 6.54 Å². The van der Waals surface area contributed by atoms with E-state index in [0.29, 0.717) is 13.0 Å². The summed E-state index contributed by atoms with van der Waals surface area (Å²) in [6.07, 6.45) is 3.65. The molecule has 1 heterocycles. The summed E-state index contributed by atoms with van der Waals surface area (Å²) in [4.78, 5) is 25.4. The molecule has 1 saturated heterocycles. The number of rotatable bonds is 5. The lowest BCUT2D eigenvalue weighted by molar-refractivity contribution is -0.148. The molecule has 0 spiro atoms. The molecule has 4 nitrogen and oxygen atoms in total. The van der Waals surface area contributed by atoms with Crippen LogP contribution in [0.2, 0.25) is 0 Å². The third kappa shape index (κ3) is 2.90. The third-order valence-corrected chi connectivity index (χ3v) is 3.60. The lowest BCUT2D eigenvalue weighted by Gasteiger charge is -2.37. The van der Waals surface area contributed by atoms with Gasteiger partial charge in [0.1, 0.15) is 12.1 Å². The van der Waals surface area contributed by atoms with Gasteiger partial charge in [0.05, 0.1) is 0 Å². The van der Waals surface area contributed by atoms with Gasteiger partial charge in [-0.05, 0) is 31.8 Å². The predicted octanol–water partition coefficient (Wildman–Crippen LogP) is 0.865. The van der Waals surface area contributed by atoms with Gasteiger partial charge in [-0.15, -0.1) is 0 Å². The van der Waals surface area contributed by atoms with Crippen molar-refractivity contribution in [2.24, 2.45) is 0 Å². The van der Waals surface area contributed by atoms with Crippen LogP contribution in [-0.2, 0) is 9.59 Å². The Morgan fingerprint density at radius 3 is 2.69 bits per heavy atom. The molecule has 2 atom stereocenters. The minimum Gasteiger partial charge on any atom is -0.343 e. The number of carbonyl (C=O) groups is 2. The first-order valence-corrected chi connectivity index (χ1v) is 7.11. The van der Waals surface area contributed by atoms with Crippen LogP contribution >= 0.6 is 11.8 Å². The molecule has 0 bridgehead atoms. The van der Waals surface area contributed by atoms with Crippen molar-refractivity contribution in [3.05, 3.63) is 0 Å². The van der Waals surface area contributed by atoms with Crippen molar-refractivity contribution in [2.45, 2.75) is 38.8 Å². The van der Waals surface area contributed by atoms with Gasteiger partial charge in [-0.25, -0.2) is 0 Å². The fourth-order valence-electron chi connectivity index (χ4n) is 1.85. The second-order valence-corrected chi connectivity index (χ2v) is 5.01. The monoisotopic (exact) mass is 244 g/mol. The van der Waals surface area contributed by atoms with Crippen molar-refractivity contribution in [2.75, 3.05) is 18.6 Å². The van der Waals surface area contributed by atoms with Crippen LogP contribution in [0.3, 0.4) is 0 Å². The molecule has 1 N–H and O–H groups in total. The highest BCUT2D eigenvalue weighted by Crippen LogP contribution is 2.13. The average Bonchev–Trinajstić information content (AvgIpc) is 2.28. The van der Waals surface area contributed by atoms with E-state index in [4.69, 9.17) is 0 Å². The molecule has 2 unspecified atom stereocenters. The first kappa shape index (κ1) is 13.4. The molecular weight excluding hydrogens is 224 g/mol. The number of carbonyl (C=O) groups excluding carboxylic acids is 2. The molecule has 92 valence electrons. The average molecular weight is 244 g/mol. The fraction of sp³-hybridized carbons (Fsp3) is 0.818. The number of hydrogen-bond donors (Lipinski definition) is 1. The molecule has 0 radical (unpaired) electrons. The largest absolute Gasteiger partial charge is 0.343 e. The molecule has 0 aliphatic carbocycles. The van der Waals surface area contributed by atoms with Crippen molar-refractivity contribution in [1.29, 1.82) is 0 Å². The Balaban J connectivity index is 2.62. The Morgan fingerprint density at radius 2 is 2.12 bits per heavy atom. The van der Waals surface area contributed by atoms with Gasteiger partial charge >= 0.3 is 0 Å². The smallest absolute Gasteiger partial charge is 0.245 e. The first-order valence-electron chi connectivity index (χ1n) is 5.71. The van der Waals surface area contributed by atoms with E-state index in [1.165, 1.54) is 0 Å². The minimum absolute atomic E-state index is 0.0319. The zero-order valence-electron chi connectivity index (χ0n) is 10.2. The van der Waals surface area contributed by atoms with E-state index in [1.807, 2.05) is 13.2 Å². The predicted molar refractivity (Wildman–Crippen MR) is 66.4 cm³/mol. The number of piperazine rings is 1. The van der Waals surface area contributed by atoms with Gasteiger partial charge in [-0.2, -0.15) is 11.8 Å². The van der Waals surface area contributed by atoms with E-state index in [-0.39, 0.29) is 23.9 Å². The Kier molecular flexibility index (Phi) is 5.12. The van der Waals surface area contributed by atoms with Gasteiger partial charge in [0.2, 0.25) is 11.8 Å². The van der Waals surface area contributed by atoms with E-state index >= 15 is 0 Å². The van der Waals surface area contributed by atoms with Crippen LogP contribution < -0.4 is 5.32 Å². The first-order chi connectivity index (χ1) is 7.61. The van der Waals surface area contributed by atoms with Crippen molar-refractivity contribution >= 4 is 23.6 Å². The highest BCUT2D eigenvalue weighted by Gasteiger charge is 2.36. The van der Waals surface area contributed by atoms with Gasteiger partial charge in [-0.1, -0.05) is 6.92 Å². The summed E-state index contributed by atoms with van der Waals surface area (Å²) >= 11 is 1.76. The fourth-order valence-corrected chi connectivity index (χ4v) is 2.26. The summed E-state index contributed by atoms with van der Waals surface area (Å²) in [5.74, 6) is 1.06. The van der Waals surface area contributed by atoms with E-state index < -0.39 is 0 Å². The summed E-state index contributed by atoms with van der Waals surface area (Å²) in [5, 5.41) is 2.75. The summed E-state index contributed by atoms with van der Waals surface area (Å²) in [6, 6.07) is -0.643. The van der Waals surface area contributed by atoms with E-state index in [1.54, 1.807) is 23.6 Å². The topological polar surface area (TPSA) is 49.4 Å². The molecule has 16 heavy (non-hydrogen) atoms. The molecule has 1 fully saturated rings. The second kappa shape index (κ2) is 6.13. The lowest BCUT2D eigenvalue weighted by atomic mass is 10.1. The Hall–Kier alpha value is -0.710. The summed E-state index contributed by atoms with van der Waals surface area (Å²) < 4.78 is 0. The highest BCUT2D eigenvalue weighted by atomic mass is 32.2. The van der Waals surface area contributed by atoms with Gasteiger partial charge in [-0.3, -0.25) is 9.59 Å². The van der Waals surface area contributed by atoms with Crippen molar-refractivity contribution in [1.82, 2.24) is 10.2 Å². The number of amides is 2. The van der Waals surface area contributed by atoms with Crippen LogP contribution in [-0.4, -0.2) is 47.4 Å². The Labute approximate surface area is 101 Å². The second-order valence-electron chi connectivity index (χ2n) is 4.02. The number of thioether (sulfide) groups is 1. The quantitative estimate of drug-likeness (QED) is 0.730. The minimum atomic E-state index is -0.322. The zero-order valence-corrected chi connectivity index (χ0v) is 11.0. The molecule has 1 rings (SSSR count). The lowest BCUT2D eigenvalue weighted by Crippen LogP contribution is -2.62. The summed E-state index contributed by atoms with van der Waals surface area (Å²) in [7, 11) is 0. The van der Waals surface area contributed by atoms with Crippen molar-refractivity contribution in [3.8, 4) is 0 Å². The molecule has 0 aromatic heterocycles. The van der Waals surface area contributed by atoms with Crippen LogP contribution in [0.5, 0.6) is 0 Å². The summed E-state index contributed by atoms with van der Waals surface area (Å²) in [6.45, 7) is 4.39. The Morgan fingerprint density at radius 1 is 1.44 bits per heavy atom. The maximum Gasteiger partial charge on any atom is 0.245 e. The molecule has 0 saturated carbocycles. The highest BCUT2D eigenvalue weighted by molar-refractivity contribution is 7.98. The van der Waals surface area contributed by atoms with Gasteiger partial charge in [0.15, 0.2) is 0 Å². The maximum atomic E-state index is 12.0. The number of nitrogens with zero attached hydrogens (tertiary/aromatic N) is 1. The van der Waals surface area contributed by atoms with Crippen LogP contribution in [0.15, 0.2) is 0 Å². The third-order valence-electron chi connectivity index (χ3n) is 2.90. The van der Waals surface area contributed by atoms with Crippen LogP contribution in [0.25, 0.3) is 0 Å². The molecule has 1 aliphatic rings. The van der Waals surface area contributed by atoms with E-state index in [9.17, 15) is 9.59 Å². The Bertz CT molecular complexity index is 271. The molecular formula is C11H20N2O2S. The number of nitrogens with one attached hydrogen (secondary N) is 1. The SMILES string of the molecule is CCC1NC(=O)C(C)N(CCCSC)C1=O. The number of hydrogen-bond acceptors (Lipinski definition) is 3. The molecule has 5 heteroatoms. The summed E-state index contributed by atoms with van der Waals surface area (Å²) in [5.41, 5.74) is 0. The zero-order chi connectivity index (χ0) is 12.1. The van der Waals surface area contributed by atoms with E-state index in [2.05, 4.69) is 5.32 Å². The van der Waals surface area contributed by atoms with Crippen LogP contribution in [0.4, 0.5) is 0 Å². The normalized spacial score (nSPS) is 25.8. The molecule has 0 aromatic rings. The van der Waals surface area contributed by atoms with Gasteiger partial charge < -0.3 is 10.2 Å². The van der Waals surface area contributed by atoms with E-state index in [0.717, 1.165) is 12.2 Å². The maximum absolute atomic E-state index is 12.0.